The lowest BCUT2D eigenvalue weighted by molar-refractivity contribution is -0.134. The molecule has 0 spiro atoms. The molecule has 0 radical (unpaired) electrons. The zero-order chi connectivity index (χ0) is 11.7. The Morgan fingerprint density at radius 1 is 1.44 bits per heavy atom. The van der Waals surface area contributed by atoms with Gasteiger partial charge in [0.2, 0.25) is 0 Å². The molecule has 0 N–H and O–H groups in total. The minimum absolute atomic E-state index is 0.0160. The number of benzene rings is 1. The van der Waals surface area contributed by atoms with E-state index in [0.717, 1.165) is 11.3 Å². The largest absolute Gasteiger partial charge is 0.483 e. The summed E-state index contributed by atoms with van der Waals surface area (Å²) in [5, 5.41) is 0.667. The van der Waals surface area contributed by atoms with Gasteiger partial charge in [0.15, 0.2) is 6.61 Å². The van der Waals surface area contributed by atoms with Gasteiger partial charge < -0.3 is 9.64 Å². The van der Waals surface area contributed by atoms with E-state index < -0.39 is 0 Å². The van der Waals surface area contributed by atoms with Crippen LogP contribution >= 0.6 is 11.6 Å². The fourth-order valence-corrected chi connectivity index (χ4v) is 1.97. The zero-order valence-electron chi connectivity index (χ0n) is 9.37. The van der Waals surface area contributed by atoms with Crippen LogP contribution in [-0.4, -0.2) is 23.5 Å². The number of fused-ring (bicyclic) bond motifs is 1. The van der Waals surface area contributed by atoms with Crippen molar-refractivity contribution in [2.75, 3.05) is 6.61 Å². The van der Waals surface area contributed by atoms with Gasteiger partial charge in [-0.1, -0.05) is 11.6 Å². The lowest BCUT2D eigenvalue weighted by Crippen LogP contribution is -2.37. The smallest absolute Gasteiger partial charge is 0.261 e. The molecule has 1 aromatic carbocycles. The second-order valence-electron chi connectivity index (χ2n) is 4.16. The van der Waals surface area contributed by atoms with Crippen LogP contribution in [0.4, 0.5) is 0 Å². The highest BCUT2D eigenvalue weighted by Crippen LogP contribution is 2.27. The second-order valence-corrected chi connectivity index (χ2v) is 4.59. The van der Waals surface area contributed by atoms with E-state index in [1.165, 1.54) is 0 Å². The Hall–Kier alpha value is -1.22. The van der Waals surface area contributed by atoms with Crippen LogP contribution in [0.2, 0.25) is 5.02 Å². The number of amides is 1. The third-order valence-electron chi connectivity index (χ3n) is 2.66. The van der Waals surface area contributed by atoms with E-state index in [4.69, 9.17) is 16.3 Å². The Bertz CT molecular complexity index is 417. The predicted molar refractivity (Wildman–Crippen MR) is 62.6 cm³/mol. The van der Waals surface area contributed by atoms with Gasteiger partial charge in [-0.2, -0.15) is 0 Å². The molecule has 0 bridgehead atoms. The SMILES string of the molecule is CC(C)N1Cc2cc(Cl)ccc2OCC1=O. The van der Waals surface area contributed by atoms with Crippen LogP contribution < -0.4 is 4.74 Å². The number of carbonyl (C=O) groups excluding carboxylic acids is 1. The van der Waals surface area contributed by atoms with Crippen molar-refractivity contribution < 1.29 is 9.53 Å². The van der Waals surface area contributed by atoms with Gasteiger partial charge in [0, 0.05) is 23.2 Å². The molecule has 86 valence electrons. The summed E-state index contributed by atoms with van der Waals surface area (Å²) in [6.45, 7) is 4.65. The van der Waals surface area contributed by atoms with Crippen LogP contribution in [0, 0.1) is 0 Å². The van der Waals surface area contributed by atoms with Crippen molar-refractivity contribution in [3.8, 4) is 5.75 Å². The predicted octanol–water partition coefficient (Wildman–Crippen LogP) is 2.47. The Kier molecular flexibility index (Phi) is 3.06. The molecule has 1 aliphatic rings. The summed E-state index contributed by atoms with van der Waals surface area (Å²) < 4.78 is 5.45. The summed E-state index contributed by atoms with van der Waals surface area (Å²) in [4.78, 5) is 13.6. The van der Waals surface area contributed by atoms with Gasteiger partial charge in [-0.05, 0) is 32.0 Å². The summed E-state index contributed by atoms with van der Waals surface area (Å²) in [5.74, 6) is 0.767. The second kappa shape index (κ2) is 4.34. The Labute approximate surface area is 100.0 Å². The van der Waals surface area contributed by atoms with Gasteiger partial charge in [0.25, 0.3) is 5.91 Å². The van der Waals surface area contributed by atoms with E-state index >= 15 is 0 Å². The lowest BCUT2D eigenvalue weighted by Gasteiger charge is -2.24. The molecule has 1 amide bonds. The molecular formula is C12H14ClNO2. The van der Waals surface area contributed by atoms with Crippen molar-refractivity contribution in [3.05, 3.63) is 28.8 Å². The van der Waals surface area contributed by atoms with Crippen LogP contribution in [0.3, 0.4) is 0 Å². The molecule has 1 heterocycles. The molecule has 1 aliphatic heterocycles. The maximum atomic E-state index is 11.8. The fraction of sp³-hybridized carbons (Fsp3) is 0.417. The topological polar surface area (TPSA) is 29.5 Å². The van der Waals surface area contributed by atoms with Crippen LogP contribution in [0.5, 0.6) is 5.75 Å². The minimum atomic E-state index is 0.0160. The molecule has 0 aliphatic carbocycles. The average molecular weight is 240 g/mol. The van der Waals surface area contributed by atoms with Gasteiger partial charge in [-0.25, -0.2) is 0 Å². The number of rotatable bonds is 1. The van der Waals surface area contributed by atoms with Crippen molar-refractivity contribution in [3.63, 3.8) is 0 Å². The summed E-state index contributed by atoms with van der Waals surface area (Å²) in [5.41, 5.74) is 0.965. The number of carbonyl (C=O) groups is 1. The summed E-state index contributed by atoms with van der Waals surface area (Å²) in [7, 11) is 0. The Morgan fingerprint density at radius 2 is 2.19 bits per heavy atom. The molecule has 0 aromatic heterocycles. The first-order chi connectivity index (χ1) is 7.58. The Balaban J connectivity index is 2.35. The summed E-state index contributed by atoms with van der Waals surface area (Å²) in [6.07, 6.45) is 0. The van der Waals surface area contributed by atoms with Crippen molar-refractivity contribution in [1.29, 1.82) is 0 Å². The number of ether oxygens (including phenoxy) is 1. The maximum Gasteiger partial charge on any atom is 0.261 e. The number of nitrogens with zero attached hydrogens (tertiary/aromatic N) is 1. The van der Waals surface area contributed by atoms with E-state index in [0.29, 0.717) is 11.6 Å². The first-order valence-corrected chi connectivity index (χ1v) is 5.66. The van der Waals surface area contributed by atoms with Crippen LogP contribution in [0.25, 0.3) is 0 Å². The first-order valence-electron chi connectivity index (χ1n) is 5.28. The van der Waals surface area contributed by atoms with E-state index in [2.05, 4.69) is 0 Å². The molecule has 2 rings (SSSR count). The van der Waals surface area contributed by atoms with Gasteiger partial charge in [0.1, 0.15) is 5.75 Å². The van der Waals surface area contributed by atoms with Crippen LogP contribution in [0.1, 0.15) is 19.4 Å². The molecule has 0 saturated heterocycles. The number of hydrogen-bond acceptors (Lipinski definition) is 2. The summed E-state index contributed by atoms with van der Waals surface area (Å²) >= 11 is 5.93. The molecular weight excluding hydrogens is 226 g/mol. The van der Waals surface area contributed by atoms with E-state index in [-0.39, 0.29) is 18.6 Å². The minimum Gasteiger partial charge on any atom is -0.483 e. The fourth-order valence-electron chi connectivity index (χ4n) is 1.78. The van der Waals surface area contributed by atoms with Crippen molar-refractivity contribution in [2.45, 2.75) is 26.4 Å². The molecule has 3 nitrogen and oxygen atoms in total. The average Bonchev–Trinajstić information content (AvgIpc) is 2.38. The van der Waals surface area contributed by atoms with Gasteiger partial charge in [0.05, 0.1) is 0 Å². The number of halogens is 1. The van der Waals surface area contributed by atoms with E-state index in [1.807, 2.05) is 26.0 Å². The molecule has 1 aromatic rings. The lowest BCUT2D eigenvalue weighted by atomic mass is 10.1. The third-order valence-corrected chi connectivity index (χ3v) is 2.89. The molecule has 0 saturated carbocycles. The Morgan fingerprint density at radius 3 is 2.88 bits per heavy atom. The van der Waals surface area contributed by atoms with Gasteiger partial charge in [-0.3, -0.25) is 4.79 Å². The van der Waals surface area contributed by atoms with Gasteiger partial charge in [-0.15, -0.1) is 0 Å². The van der Waals surface area contributed by atoms with Gasteiger partial charge >= 0.3 is 0 Å². The van der Waals surface area contributed by atoms with Crippen molar-refractivity contribution in [2.24, 2.45) is 0 Å². The summed E-state index contributed by atoms with van der Waals surface area (Å²) in [6, 6.07) is 5.61. The normalized spacial score (nSPS) is 15.8. The highest BCUT2D eigenvalue weighted by Gasteiger charge is 2.23. The first kappa shape index (κ1) is 11.3. The maximum absolute atomic E-state index is 11.8. The highest BCUT2D eigenvalue weighted by atomic mass is 35.5. The van der Waals surface area contributed by atoms with Crippen molar-refractivity contribution in [1.82, 2.24) is 4.90 Å². The van der Waals surface area contributed by atoms with Crippen molar-refractivity contribution >= 4 is 17.5 Å². The molecule has 4 heteroatoms. The van der Waals surface area contributed by atoms with E-state index in [9.17, 15) is 4.79 Å². The van der Waals surface area contributed by atoms with Crippen LogP contribution in [-0.2, 0) is 11.3 Å². The zero-order valence-corrected chi connectivity index (χ0v) is 10.1. The third kappa shape index (κ3) is 2.14. The molecule has 0 unspecified atom stereocenters. The molecule has 0 fully saturated rings. The number of hydrogen-bond donors (Lipinski definition) is 0. The van der Waals surface area contributed by atoms with Crippen LogP contribution in [0.15, 0.2) is 18.2 Å². The molecule has 0 atom stereocenters. The van der Waals surface area contributed by atoms with E-state index in [1.54, 1.807) is 11.0 Å². The molecule has 16 heavy (non-hydrogen) atoms. The quantitative estimate of drug-likeness (QED) is 0.754. The monoisotopic (exact) mass is 239 g/mol. The standard InChI is InChI=1S/C12H14ClNO2/c1-8(2)14-6-9-5-10(13)3-4-11(9)16-7-12(14)15/h3-5,8H,6-7H2,1-2H3. The highest BCUT2D eigenvalue weighted by molar-refractivity contribution is 6.30.